The van der Waals surface area contributed by atoms with Crippen LogP contribution in [0.25, 0.3) is 0 Å². The van der Waals surface area contributed by atoms with Gasteiger partial charge in [-0.3, -0.25) is 9.52 Å². The molecule has 5 nitrogen and oxygen atoms in total. The lowest BCUT2D eigenvalue weighted by Crippen LogP contribution is -2.16. The van der Waals surface area contributed by atoms with Gasteiger partial charge in [-0.2, -0.15) is 0 Å². The molecule has 7 heteroatoms. The van der Waals surface area contributed by atoms with Crippen molar-refractivity contribution in [1.29, 1.82) is 0 Å². The van der Waals surface area contributed by atoms with Crippen LogP contribution in [0.15, 0.2) is 77.7 Å². The number of carbonyl (C=O) groups is 1. The van der Waals surface area contributed by atoms with Crippen LogP contribution < -0.4 is 10.0 Å². The molecule has 0 radical (unpaired) electrons. The van der Waals surface area contributed by atoms with Gasteiger partial charge in [-0.05, 0) is 66.6 Å². The quantitative estimate of drug-likeness (QED) is 0.645. The van der Waals surface area contributed by atoms with E-state index in [1.54, 1.807) is 12.1 Å². The van der Waals surface area contributed by atoms with Crippen molar-refractivity contribution in [3.8, 4) is 0 Å². The molecule has 144 valence electrons. The fourth-order valence-corrected chi connectivity index (χ4v) is 3.67. The standard InChI is InChI=1S/C21H19FN2O3S/c1-2-15-6-10-18(11-7-15)23-21(25)16-4-3-5-20(14-16)28(26,27)24-19-12-8-17(22)9-13-19/h3-14,24H,2H2,1H3,(H,23,25). The van der Waals surface area contributed by atoms with Crippen LogP contribution in [0.5, 0.6) is 0 Å². The molecule has 0 saturated carbocycles. The first-order chi connectivity index (χ1) is 13.4. The zero-order valence-electron chi connectivity index (χ0n) is 15.1. The number of amides is 1. The molecule has 0 aromatic heterocycles. The summed E-state index contributed by atoms with van der Waals surface area (Å²) >= 11 is 0. The average molecular weight is 398 g/mol. The molecule has 0 aliphatic rings. The Morgan fingerprint density at radius 3 is 2.21 bits per heavy atom. The molecule has 3 rings (SSSR count). The number of hydrogen-bond acceptors (Lipinski definition) is 3. The Morgan fingerprint density at radius 2 is 1.57 bits per heavy atom. The highest BCUT2D eigenvalue weighted by Crippen LogP contribution is 2.19. The number of anilines is 2. The number of nitrogens with one attached hydrogen (secondary N) is 2. The van der Waals surface area contributed by atoms with Gasteiger partial charge in [0.05, 0.1) is 4.90 Å². The van der Waals surface area contributed by atoms with Crippen molar-refractivity contribution in [3.05, 3.63) is 89.7 Å². The third-order valence-corrected chi connectivity index (χ3v) is 5.50. The summed E-state index contributed by atoms with van der Waals surface area (Å²) in [6.45, 7) is 2.04. The van der Waals surface area contributed by atoms with Crippen LogP contribution in [0, 0.1) is 5.82 Å². The minimum absolute atomic E-state index is 0.0641. The van der Waals surface area contributed by atoms with E-state index in [4.69, 9.17) is 0 Å². The molecule has 0 atom stereocenters. The Balaban J connectivity index is 1.78. The van der Waals surface area contributed by atoms with E-state index in [9.17, 15) is 17.6 Å². The predicted octanol–water partition coefficient (Wildman–Crippen LogP) is 4.44. The molecule has 0 unspecified atom stereocenters. The summed E-state index contributed by atoms with van der Waals surface area (Å²) in [4.78, 5) is 12.4. The Morgan fingerprint density at radius 1 is 0.929 bits per heavy atom. The Labute approximate surface area is 163 Å². The first-order valence-corrected chi connectivity index (χ1v) is 10.1. The van der Waals surface area contributed by atoms with E-state index in [1.165, 1.54) is 36.4 Å². The third kappa shape index (κ3) is 4.75. The van der Waals surface area contributed by atoms with Crippen molar-refractivity contribution >= 4 is 27.3 Å². The SMILES string of the molecule is CCc1ccc(NC(=O)c2cccc(S(=O)(=O)Nc3ccc(F)cc3)c2)cc1. The summed E-state index contributed by atoms with van der Waals surface area (Å²) in [7, 11) is -3.92. The predicted molar refractivity (Wildman–Crippen MR) is 107 cm³/mol. The molecule has 0 bridgehead atoms. The minimum atomic E-state index is -3.92. The van der Waals surface area contributed by atoms with Crippen LogP contribution in [-0.2, 0) is 16.4 Å². The van der Waals surface area contributed by atoms with Gasteiger partial charge in [0.25, 0.3) is 15.9 Å². The van der Waals surface area contributed by atoms with Gasteiger partial charge in [-0.25, -0.2) is 12.8 Å². The van der Waals surface area contributed by atoms with Crippen LogP contribution >= 0.6 is 0 Å². The van der Waals surface area contributed by atoms with Gasteiger partial charge < -0.3 is 5.32 Å². The van der Waals surface area contributed by atoms with E-state index < -0.39 is 21.7 Å². The largest absolute Gasteiger partial charge is 0.322 e. The number of halogens is 1. The van der Waals surface area contributed by atoms with E-state index in [0.717, 1.165) is 24.1 Å². The van der Waals surface area contributed by atoms with Crippen molar-refractivity contribution < 1.29 is 17.6 Å². The molecule has 2 N–H and O–H groups in total. The van der Waals surface area contributed by atoms with Crippen LogP contribution in [0.1, 0.15) is 22.8 Å². The first kappa shape index (κ1) is 19.6. The molecule has 0 heterocycles. The molecular formula is C21H19FN2O3S. The Kier molecular flexibility index (Phi) is 5.75. The second-order valence-corrected chi connectivity index (χ2v) is 7.83. The van der Waals surface area contributed by atoms with Crippen molar-refractivity contribution in [3.63, 3.8) is 0 Å². The van der Waals surface area contributed by atoms with Crippen LogP contribution in [0.2, 0.25) is 0 Å². The van der Waals surface area contributed by atoms with Crippen molar-refractivity contribution in [1.82, 2.24) is 0 Å². The lowest BCUT2D eigenvalue weighted by atomic mass is 10.1. The zero-order chi connectivity index (χ0) is 20.1. The van der Waals surface area contributed by atoms with E-state index in [-0.39, 0.29) is 16.1 Å². The second kappa shape index (κ2) is 8.22. The van der Waals surface area contributed by atoms with Crippen LogP contribution in [0.3, 0.4) is 0 Å². The molecule has 0 aliphatic heterocycles. The number of carbonyl (C=O) groups excluding carboxylic acids is 1. The molecule has 0 aliphatic carbocycles. The summed E-state index contributed by atoms with van der Waals surface area (Å²) < 4.78 is 40.5. The zero-order valence-corrected chi connectivity index (χ0v) is 16.0. The summed E-state index contributed by atoms with van der Waals surface area (Å²) in [6.07, 6.45) is 0.898. The maximum absolute atomic E-state index is 13.0. The summed E-state index contributed by atoms with van der Waals surface area (Å²) in [5.74, 6) is -0.878. The summed E-state index contributed by atoms with van der Waals surface area (Å²) in [5, 5.41) is 2.75. The molecule has 3 aromatic carbocycles. The van der Waals surface area contributed by atoms with Crippen LogP contribution in [-0.4, -0.2) is 14.3 Å². The monoisotopic (exact) mass is 398 g/mol. The van der Waals surface area contributed by atoms with E-state index in [2.05, 4.69) is 10.0 Å². The van der Waals surface area contributed by atoms with E-state index in [1.807, 2.05) is 19.1 Å². The number of aryl methyl sites for hydroxylation is 1. The molecular weight excluding hydrogens is 379 g/mol. The molecule has 0 saturated heterocycles. The molecule has 28 heavy (non-hydrogen) atoms. The van der Waals surface area contributed by atoms with E-state index in [0.29, 0.717) is 5.69 Å². The fraction of sp³-hybridized carbons (Fsp3) is 0.0952. The minimum Gasteiger partial charge on any atom is -0.322 e. The van der Waals surface area contributed by atoms with Gasteiger partial charge in [0.2, 0.25) is 0 Å². The van der Waals surface area contributed by atoms with E-state index >= 15 is 0 Å². The Bertz CT molecular complexity index is 1080. The number of benzene rings is 3. The highest BCUT2D eigenvalue weighted by Gasteiger charge is 2.17. The fourth-order valence-electron chi connectivity index (χ4n) is 2.56. The van der Waals surface area contributed by atoms with Gasteiger partial charge in [0.1, 0.15) is 5.82 Å². The lowest BCUT2D eigenvalue weighted by molar-refractivity contribution is 0.102. The van der Waals surface area contributed by atoms with Gasteiger partial charge in [0, 0.05) is 16.9 Å². The van der Waals surface area contributed by atoms with Gasteiger partial charge in [-0.15, -0.1) is 0 Å². The second-order valence-electron chi connectivity index (χ2n) is 6.14. The van der Waals surface area contributed by atoms with Crippen molar-refractivity contribution in [2.24, 2.45) is 0 Å². The maximum atomic E-state index is 13.0. The molecule has 1 amide bonds. The summed E-state index contributed by atoms with van der Waals surface area (Å²) in [6, 6.07) is 18.1. The summed E-state index contributed by atoms with van der Waals surface area (Å²) in [5.41, 5.74) is 2.21. The number of rotatable bonds is 6. The average Bonchev–Trinajstić information content (AvgIpc) is 2.70. The third-order valence-electron chi connectivity index (χ3n) is 4.12. The smallest absolute Gasteiger partial charge is 0.261 e. The normalized spacial score (nSPS) is 11.1. The van der Waals surface area contributed by atoms with Crippen molar-refractivity contribution in [2.45, 2.75) is 18.2 Å². The Hall–Kier alpha value is -3.19. The lowest BCUT2D eigenvalue weighted by Gasteiger charge is -2.10. The number of sulfonamides is 1. The molecule has 0 spiro atoms. The van der Waals surface area contributed by atoms with Gasteiger partial charge >= 0.3 is 0 Å². The molecule has 3 aromatic rings. The van der Waals surface area contributed by atoms with Gasteiger partial charge in [0.15, 0.2) is 0 Å². The topological polar surface area (TPSA) is 75.3 Å². The van der Waals surface area contributed by atoms with Crippen molar-refractivity contribution in [2.75, 3.05) is 10.0 Å². The highest BCUT2D eigenvalue weighted by molar-refractivity contribution is 7.92. The number of hydrogen-bond donors (Lipinski definition) is 2. The highest BCUT2D eigenvalue weighted by atomic mass is 32.2. The maximum Gasteiger partial charge on any atom is 0.261 e. The first-order valence-electron chi connectivity index (χ1n) is 8.66. The molecule has 0 fully saturated rings. The van der Waals surface area contributed by atoms with Crippen LogP contribution in [0.4, 0.5) is 15.8 Å². The van der Waals surface area contributed by atoms with Gasteiger partial charge in [-0.1, -0.05) is 25.1 Å².